The first kappa shape index (κ1) is 20.2. The average Bonchev–Trinajstić information content (AvgIpc) is 3.01. The first-order chi connectivity index (χ1) is 13.5. The van der Waals surface area contributed by atoms with Gasteiger partial charge in [0.2, 0.25) is 0 Å². The number of carboxylic acid groups (broad SMARTS) is 1. The summed E-state index contributed by atoms with van der Waals surface area (Å²) in [4.78, 5) is 24.8. The highest BCUT2D eigenvalue weighted by molar-refractivity contribution is 6.31. The largest absolute Gasteiger partial charge is 0.465 e. The highest BCUT2D eigenvalue weighted by Gasteiger charge is 2.28. The first-order valence-electron chi connectivity index (χ1n) is 9.05. The maximum absolute atomic E-state index is 11.7. The standard InChI is InChI=1S/C19H23ClN4O4/c1-28-12-24-18(23-8-4-6-14(10-23)21-19(26)27)15(17(11-25)22-24)9-13-5-2-3-7-16(13)20/h2-3,5,7,11,14,21H,4,6,8-10,12H2,1H3,(H,26,27)/t14-/m1/s1. The van der Waals surface area contributed by atoms with Gasteiger partial charge in [0.15, 0.2) is 6.29 Å². The van der Waals surface area contributed by atoms with Crippen LogP contribution in [0.5, 0.6) is 0 Å². The van der Waals surface area contributed by atoms with Crippen LogP contribution in [0.15, 0.2) is 24.3 Å². The summed E-state index contributed by atoms with van der Waals surface area (Å²) in [7, 11) is 1.56. The molecule has 1 atom stereocenters. The van der Waals surface area contributed by atoms with Gasteiger partial charge in [0, 0.05) is 43.2 Å². The summed E-state index contributed by atoms with van der Waals surface area (Å²) in [6.07, 6.45) is 1.73. The van der Waals surface area contributed by atoms with Crippen molar-refractivity contribution in [2.75, 3.05) is 25.1 Å². The number of rotatable bonds is 7. The van der Waals surface area contributed by atoms with Gasteiger partial charge in [0.25, 0.3) is 0 Å². The normalized spacial score (nSPS) is 16.8. The van der Waals surface area contributed by atoms with Crippen molar-refractivity contribution in [1.29, 1.82) is 0 Å². The molecule has 8 nitrogen and oxygen atoms in total. The van der Waals surface area contributed by atoms with Crippen LogP contribution >= 0.6 is 11.6 Å². The van der Waals surface area contributed by atoms with E-state index in [4.69, 9.17) is 21.4 Å². The van der Waals surface area contributed by atoms with Crippen LogP contribution < -0.4 is 10.2 Å². The average molecular weight is 407 g/mol. The maximum atomic E-state index is 11.7. The van der Waals surface area contributed by atoms with E-state index in [0.29, 0.717) is 23.7 Å². The fourth-order valence-electron chi connectivity index (χ4n) is 3.63. The number of aromatic nitrogens is 2. The van der Waals surface area contributed by atoms with Crippen molar-refractivity contribution >= 4 is 29.8 Å². The second kappa shape index (κ2) is 9.07. The van der Waals surface area contributed by atoms with E-state index < -0.39 is 6.09 Å². The molecule has 1 aliphatic rings. The van der Waals surface area contributed by atoms with Crippen molar-refractivity contribution in [2.45, 2.75) is 32.0 Å². The lowest BCUT2D eigenvalue weighted by molar-refractivity contribution is 0.110. The molecule has 1 aliphatic heterocycles. The van der Waals surface area contributed by atoms with E-state index in [1.165, 1.54) is 0 Å². The van der Waals surface area contributed by atoms with Gasteiger partial charge < -0.3 is 20.1 Å². The lowest BCUT2D eigenvalue weighted by Crippen LogP contribution is -2.48. The minimum Gasteiger partial charge on any atom is -0.465 e. The number of benzene rings is 1. The Morgan fingerprint density at radius 1 is 1.46 bits per heavy atom. The third kappa shape index (κ3) is 4.45. The van der Waals surface area contributed by atoms with Gasteiger partial charge in [-0.2, -0.15) is 5.10 Å². The zero-order valence-corrected chi connectivity index (χ0v) is 16.4. The van der Waals surface area contributed by atoms with Crippen LogP contribution in [0.25, 0.3) is 0 Å². The lowest BCUT2D eigenvalue weighted by atomic mass is 10.0. The van der Waals surface area contributed by atoms with E-state index in [9.17, 15) is 9.59 Å². The summed E-state index contributed by atoms with van der Waals surface area (Å²) in [5.41, 5.74) is 1.99. The van der Waals surface area contributed by atoms with Gasteiger partial charge in [-0.15, -0.1) is 0 Å². The first-order valence-corrected chi connectivity index (χ1v) is 9.43. The number of carbonyl (C=O) groups is 2. The summed E-state index contributed by atoms with van der Waals surface area (Å²) in [6.45, 7) is 1.42. The second-order valence-electron chi connectivity index (χ2n) is 6.73. The Morgan fingerprint density at radius 2 is 2.25 bits per heavy atom. The zero-order chi connectivity index (χ0) is 20.1. The molecule has 1 fully saturated rings. The molecule has 0 aliphatic carbocycles. The Labute approximate surface area is 168 Å². The van der Waals surface area contributed by atoms with Crippen molar-refractivity contribution in [2.24, 2.45) is 0 Å². The monoisotopic (exact) mass is 406 g/mol. The van der Waals surface area contributed by atoms with Gasteiger partial charge in [0.1, 0.15) is 18.2 Å². The fourth-order valence-corrected chi connectivity index (χ4v) is 3.84. The van der Waals surface area contributed by atoms with Gasteiger partial charge in [-0.25, -0.2) is 9.48 Å². The molecule has 28 heavy (non-hydrogen) atoms. The van der Waals surface area contributed by atoms with E-state index in [1.807, 2.05) is 24.3 Å². The molecule has 9 heteroatoms. The number of aldehydes is 1. The summed E-state index contributed by atoms with van der Waals surface area (Å²) >= 11 is 6.33. The van der Waals surface area contributed by atoms with Crippen LogP contribution in [0.2, 0.25) is 5.02 Å². The summed E-state index contributed by atoms with van der Waals surface area (Å²) in [5, 5.41) is 16.6. The smallest absolute Gasteiger partial charge is 0.404 e. The molecule has 0 unspecified atom stereocenters. The Balaban J connectivity index is 2.00. The predicted molar refractivity (Wildman–Crippen MR) is 105 cm³/mol. The van der Waals surface area contributed by atoms with E-state index in [-0.39, 0.29) is 12.8 Å². The fraction of sp³-hybridized carbons (Fsp3) is 0.421. The number of hydrogen-bond donors (Lipinski definition) is 2. The van der Waals surface area contributed by atoms with E-state index in [2.05, 4.69) is 15.3 Å². The molecule has 2 heterocycles. The van der Waals surface area contributed by atoms with Crippen molar-refractivity contribution < 1.29 is 19.4 Å². The Morgan fingerprint density at radius 3 is 2.93 bits per heavy atom. The quantitative estimate of drug-likeness (QED) is 0.686. The molecular formula is C19H23ClN4O4. The number of hydrogen-bond acceptors (Lipinski definition) is 5. The third-order valence-corrected chi connectivity index (χ3v) is 5.16. The number of nitrogens with zero attached hydrogens (tertiary/aromatic N) is 3. The lowest BCUT2D eigenvalue weighted by Gasteiger charge is -2.35. The van der Waals surface area contributed by atoms with Gasteiger partial charge in [0.05, 0.1) is 0 Å². The van der Waals surface area contributed by atoms with Crippen LogP contribution in [0.3, 0.4) is 0 Å². The van der Waals surface area contributed by atoms with Crippen molar-refractivity contribution in [3.8, 4) is 0 Å². The van der Waals surface area contributed by atoms with E-state index >= 15 is 0 Å². The maximum Gasteiger partial charge on any atom is 0.404 e. The number of halogens is 1. The second-order valence-corrected chi connectivity index (χ2v) is 7.13. The van der Waals surface area contributed by atoms with E-state index in [1.54, 1.807) is 11.8 Å². The highest BCUT2D eigenvalue weighted by atomic mass is 35.5. The molecule has 1 aromatic heterocycles. The molecular weight excluding hydrogens is 384 g/mol. The van der Waals surface area contributed by atoms with Crippen molar-refractivity contribution in [3.63, 3.8) is 0 Å². The molecule has 1 saturated heterocycles. The molecule has 0 bridgehead atoms. The number of carbonyl (C=O) groups excluding carboxylic acids is 1. The van der Waals surface area contributed by atoms with Crippen molar-refractivity contribution in [3.05, 3.63) is 46.1 Å². The Hall–Kier alpha value is -2.58. The van der Waals surface area contributed by atoms with Gasteiger partial charge in [-0.1, -0.05) is 29.8 Å². The number of nitrogens with one attached hydrogen (secondary N) is 1. The number of methoxy groups -OCH3 is 1. The summed E-state index contributed by atoms with van der Waals surface area (Å²) in [6, 6.07) is 7.29. The van der Waals surface area contributed by atoms with E-state index in [0.717, 1.165) is 42.6 Å². The third-order valence-electron chi connectivity index (χ3n) is 4.79. The molecule has 150 valence electrons. The summed E-state index contributed by atoms with van der Waals surface area (Å²) < 4.78 is 6.91. The number of piperidine rings is 1. The van der Waals surface area contributed by atoms with Crippen LogP contribution in [-0.2, 0) is 17.9 Å². The molecule has 2 aromatic rings. The molecule has 3 rings (SSSR count). The summed E-state index contributed by atoms with van der Waals surface area (Å²) in [5.74, 6) is 0.765. The number of anilines is 1. The number of ether oxygens (including phenoxy) is 1. The van der Waals surface area contributed by atoms with Crippen LogP contribution in [0, 0.1) is 0 Å². The minimum atomic E-state index is -1.04. The minimum absolute atomic E-state index is 0.187. The van der Waals surface area contributed by atoms with Crippen LogP contribution in [-0.4, -0.2) is 53.5 Å². The SMILES string of the molecule is COCn1nc(C=O)c(Cc2ccccc2Cl)c1N1CCC[C@@H](NC(=O)O)C1. The van der Waals surface area contributed by atoms with Crippen LogP contribution in [0.4, 0.5) is 10.6 Å². The molecule has 1 aromatic carbocycles. The molecule has 0 spiro atoms. The van der Waals surface area contributed by atoms with Gasteiger partial charge in [-0.3, -0.25) is 4.79 Å². The molecule has 2 N–H and O–H groups in total. The highest BCUT2D eigenvalue weighted by Crippen LogP contribution is 2.30. The molecule has 0 saturated carbocycles. The predicted octanol–water partition coefficient (Wildman–Crippen LogP) is 2.78. The van der Waals surface area contributed by atoms with Gasteiger partial charge >= 0.3 is 6.09 Å². The molecule has 0 radical (unpaired) electrons. The van der Waals surface area contributed by atoms with Crippen molar-refractivity contribution in [1.82, 2.24) is 15.1 Å². The number of amides is 1. The Bertz CT molecular complexity index is 854. The van der Waals surface area contributed by atoms with Gasteiger partial charge in [-0.05, 0) is 24.5 Å². The zero-order valence-electron chi connectivity index (χ0n) is 15.6. The molecule has 1 amide bonds. The van der Waals surface area contributed by atoms with Crippen LogP contribution in [0.1, 0.15) is 34.5 Å². The topological polar surface area (TPSA) is 96.7 Å². The Kier molecular flexibility index (Phi) is 6.53.